The van der Waals surface area contributed by atoms with Crippen LogP contribution in [0.3, 0.4) is 0 Å². The number of hydrogen-bond acceptors (Lipinski definition) is 4. The number of phenolic OH excluding ortho intramolecular Hbond substituents is 1. The third kappa shape index (κ3) is 3.95. The number of rotatable bonds is 4. The third-order valence-corrected chi connectivity index (χ3v) is 4.71. The van der Waals surface area contributed by atoms with Gasteiger partial charge < -0.3 is 5.11 Å². The molecular formula is C19H17IN4O3. The van der Waals surface area contributed by atoms with Crippen LogP contribution in [0, 0.1) is 10.5 Å². The topological polar surface area (TPSA) is 99.5 Å². The Morgan fingerprint density at radius 1 is 1.19 bits per heavy atom. The molecular weight excluding hydrogens is 459 g/mol. The van der Waals surface area contributed by atoms with Crippen LogP contribution in [0.4, 0.5) is 0 Å². The molecule has 0 saturated carbocycles. The van der Waals surface area contributed by atoms with Crippen LogP contribution in [0.25, 0.3) is 5.69 Å². The van der Waals surface area contributed by atoms with Gasteiger partial charge in [0, 0.05) is 9.26 Å². The van der Waals surface area contributed by atoms with Gasteiger partial charge in [0.05, 0.1) is 22.5 Å². The van der Waals surface area contributed by atoms with Crippen molar-refractivity contribution in [1.29, 1.82) is 0 Å². The number of hydrogen-bond donors (Lipinski definition) is 3. The number of carbonyl (C=O) groups is 1. The Balaban J connectivity index is 1.89. The normalized spacial score (nSPS) is 11.4. The molecule has 0 radical (unpaired) electrons. The molecule has 0 aliphatic carbocycles. The molecule has 0 bridgehead atoms. The summed E-state index contributed by atoms with van der Waals surface area (Å²) in [6, 6.07) is 13.7. The van der Waals surface area contributed by atoms with Gasteiger partial charge in [-0.25, -0.2) is 10.1 Å². The van der Waals surface area contributed by atoms with E-state index in [1.54, 1.807) is 26.0 Å². The Bertz CT molecular complexity index is 1080. The molecule has 0 fully saturated rings. The smallest absolute Gasteiger partial charge is 0.280 e. The fraction of sp³-hybridized carbons (Fsp3) is 0.105. The van der Waals surface area contributed by atoms with Gasteiger partial charge in [0.2, 0.25) is 0 Å². The fourth-order valence-electron chi connectivity index (χ4n) is 2.66. The van der Waals surface area contributed by atoms with Gasteiger partial charge >= 0.3 is 0 Å². The zero-order chi connectivity index (χ0) is 19.6. The Morgan fingerprint density at radius 3 is 2.52 bits per heavy atom. The molecule has 27 heavy (non-hydrogen) atoms. The molecule has 8 heteroatoms. The van der Waals surface area contributed by atoms with E-state index in [-0.39, 0.29) is 16.9 Å². The van der Waals surface area contributed by atoms with E-state index in [0.717, 1.165) is 3.57 Å². The lowest BCUT2D eigenvalue weighted by molar-refractivity contribution is 0.0952. The Hall–Kier alpha value is -2.88. The predicted octanol–water partition coefficient (Wildman–Crippen LogP) is 2.94. The maximum atomic E-state index is 12.8. The van der Waals surface area contributed by atoms with Crippen LogP contribution < -0.4 is 11.0 Å². The van der Waals surface area contributed by atoms with Crippen molar-refractivity contribution in [2.45, 2.75) is 13.8 Å². The minimum Gasteiger partial charge on any atom is -0.507 e. The second-order valence-corrected chi connectivity index (χ2v) is 7.13. The van der Waals surface area contributed by atoms with Crippen LogP contribution in [0.5, 0.6) is 5.75 Å². The van der Waals surface area contributed by atoms with Gasteiger partial charge in [-0.2, -0.15) is 5.10 Å². The van der Waals surface area contributed by atoms with E-state index >= 15 is 0 Å². The van der Waals surface area contributed by atoms with Crippen molar-refractivity contribution in [3.8, 4) is 11.4 Å². The van der Waals surface area contributed by atoms with Crippen LogP contribution >= 0.6 is 22.6 Å². The first-order valence-electron chi connectivity index (χ1n) is 8.09. The zero-order valence-electron chi connectivity index (χ0n) is 14.7. The number of hydrazone groups is 1. The largest absolute Gasteiger partial charge is 0.507 e. The molecule has 3 rings (SSSR count). The van der Waals surface area contributed by atoms with E-state index in [1.807, 2.05) is 24.3 Å². The number of carbonyl (C=O) groups excluding carboxylic acids is 1. The highest BCUT2D eigenvalue weighted by molar-refractivity contribution is 14.1. The Morgan fingerprint density at radius 2 is 1.85 bits per heavy atom. The van der Waals surface area contributed by atoms with Gasteiger partial charge in [0.15, 0.2) is 0 Å². The maximum absolute atomic E-state index is 12.8. The highest BCUT2D eigenvalue weighted by atomic mass is 127. The number of nitrogens with one attached hydrogen (secondary N) is 2. The maximum Gasteiger partial charge on any atom is 0.280 e. The first kappa shape index (κ1) is 18.9. The molecule has 0 spiro atoms. The Kier molecular flexibility index (Phi) is 5.45. The van der Waals surface area contributed by atoms with Crippen LogP contribution in [-0.4, -0.2) is 26.5 Å². The fourth-order valence-corrected chi connectivity index (χ4v) is 3.02. The number of aromatic hydroxyl groups is 1. The molecule has 138 valence electrons. The van der Waals surface area contributed by atoms with Gasteiger partial charge in [-0.1, -0.05) is 12.1 Å². The highest BCUT2D eigenvalue weighted by Gasteiger charge is 2.16. The summed E-state index contributed by atoms with van der Waals surface area (Å²) < 4.78 is 2.50. The number of amides is 1. The van der Waals surface area contributed by atoms with Crippen molar-refractivity contribution in [3.05, 3.63) is 79.3 Å². The van der Waals surface area contributed by atoms with Gasteiger partial charge in [0.25, 0.3) is 11.5 Å². The highest BCUT2D eigenvalue weighted by Crippen LogP contribution is 2.15. The Labute approximate surface area is 168 Å². The van der Waals surface area contributed by atoms with Gasteiger partial charge in [-0.15, -0.1) is 0 Å². The summed E-state index contributed by atoms with van der Waals surface area (Å²) in [4.78, 5) is 24.9. The van der Waals surface area contributed by atoms with E-state index < -0.39 is 5.91 Å². The standard InChI is InChI=1S/C19H17IN4O3/c1-11(21-22-18(26)15-5-3-4-6-16(15)25)17-12(2)23-24(19(17)27)14-9-7-13(20)8-10-14/h3-10,23,25H,1-2H3,(H,22,26)/b21-11-. The van der Waals surface area contributed by atoms with E-state index in [2.05, 4.69) is 38.2 Å². The molecule has 3 aromatic rings. The number of nitrogens with zero attached hydrogens (tertiary/aromatic N) is 2. The zero-order valence-corrected chi connectivity index (χ0v) is 16.8. The lowest BCUT2D eigenvalue weighted by atomic mass is 10.2. The number of para-hydroxylation sites is 1. The second kappa shape index (κ2) is 7.78. The molecule has 0 aliphatic heterocycles. The summed E-state index contributed by atoms with van der Waals surface area (Å²) in [6.45, 7) is 3.41. The van der Waals surface area contributed by atoms with Gasteiger partial charge in [0.1, 0.15) is 5.75 Å². The van der Waals surface area contributed by atoms with Gasteiger partial charge in [-0.3, -0.25) is 14.7 Å². The number of H-pyrrole nitrogens is 1. The summed E-state index contributed by atoms with van der Waals surface area (Å²) in [6.07, 6.45) is 0. The minimum absolute atomic E-state index is 0.108. The number of benzene rings is 2. The number of phenols is 1. The minimum atomic E-state index is -0.557. The van der Waals surface area contributed by atoms with Crippen molar-refractivity contribution >= 4 is 34.2 Å². The first-order valence-corrected chi connectivity index (χ1v) is 9.17. The van der Waals surface area contributed by atoms with Crippen molar-refractivity contribution < 1.29 is 9.90 Å². The lowest BCUT2D eigenvalue weighted by Gasteiger charge is -2.03. The van der Waals surface area contributed by atoms with E-state index in [4.69, 9.17) is 0 Å². The van der Waals surface area contributed by atoms with E-state index in [1.165, 1.54) is 16.8 Å². The second-order valence-electron chi connectivity index (χ2n) is 5.88. The molecule has 7 nitrogen and oxygen atoms in total. The number of halogens is 1. The van der Waals surface area contributed by atoms with E-state index in [0.29, 0.717) is 22.7 Å². The van der Waals surface area contributed by atoms with Crippen molar-refractivity contribution in [2.24, 2.45) is 5.10 Å². The monoisotopic (exact) mass is 476 g/mol. The number of aryl methyl sites for hydroxylation is 1. The average molecular weight is 476 g/mol. The summed E-state index contributed by atoms with van der Waals surface area (Å²) in [5.74, 6) is -0.694. The molecule has 0 unspecified atom stereocenters. The van der Waals surface area contributed by atoms with Crippen molar-refractivity contribution in [3.63, 3.8) is 0 Å². The van der Waals surface area contributed by atoms with E-state index in [9.17, 15) is 14.7 Å². The predicted molar refractivity (Wildman–Crippen MR) is 112 cm³/mol. The molecule has 0 aliphatic rings. The summed E-state index contributed by atoms with van der Waals surface area (Å²) in [5.41, 5.74) is 4.31. The van der Waals surface area contributed by atoms with Crippen LogP contribution in [0.2, 0.25) is 0 Å². The molecule has 1 heterocycles. The molecule has 1 amide bonds. The van der Waals surface area contributed by atoms with Crippen molar-refractivity contribution in [1.82, 2.24) is 15.2 Å². The molecule has 3 N–H and O–H groups in total. The number of aromatic nitrogens is 2. The lowest BCUT2D eigenvalue weighted by Crippen LogP contribution is -2.23. The molecule has 2 aromatic carbocycles. The third-order valence-electron chi connectivity index (χ3n) is 3.99. The van der Waals surface area contributed by atoms with Crippen LogP contribution in [0.15, 0.2) is 58.4 Å². The van der Waals surface area contributed by atoms with Crippen LogP contribution in [0.1, 0.15) is 28.5 Å². The summed E-state index contributed by atoms with van der Waals surface area (Å²) in [7, 11) is 0. The average Bonchev–Trinajstić information content (AvgIpc) is 2.95. The summed E-state index contributed by atoms with van der Waals surface area (Å²) in [5, 5.41) is 16.8. The van der Waals surface area contributed by atoms with Crippen LogP contribution in [-0.2, 0) is 0 Å². The summed E-state index contributed by atoms with van der Waals surface area (Å²) >= 11 is 2.20. The SMILES string of the molecule is C/C(=N/NC(=O)c1ccccc1O)c1c(C)[nH]n(-c2ccc(I)cc2)c1=O. The quantitative estimate of drug-likeness (QED) is 0.307. The van der Waals surface area contributed by atoms with Gasteiger partial charge in [-0.05, 0) is 72.8 Å². The van der Waals surface area contributed by atoms with Crippen molar-refractivity contribution in [2.75, 3.05) is 0 Å². The first-order chi connectivity index (χ1) is 12.9. The molecule has 0 saturated heterocycles. The molecule has 0 atom stereocenters. The number of aromatic amines is 1. The molecule has 1 aromatic heterocycles.